The lowest BCUT2D eigenvalue weighted by atomic mass is 9.99. The molecule has 0 aliphatic rings. The predicted molar refractivity (Wildman–Crippen MR) is 108 cm³/mol. The van der Waals surface area contributed by atoms with Crippen LogP contribution in [-0.4, -0.2) is 28.1 Å². The number of methoxy groups -OCH3 is 1. The number of hydrogen-bond donors (Lipinski definition) is 1. The van der Waals surface area contributed by atoms with Crippen molar-refractivity contribution in [1.29, 1.82) is 0 Å². The number of pyridine rings is 1. The molecule has 0 atom stereocenters. The average molecular weight is 357 g/mol. The third-order valence-corrected chi connectivity index (χ3v) is 4.80. The molecule has 0 radical (unpaired) electrons. The van der Waals surface area contributed by atoms with Crippen molar-refractivity contribution in [2.75, 3.05) is 12.4 Å². The molecule has 2 rings (SSSR count). The summed E-state index contributed by atoms with van der Waals surface area (Å²) in [6.45, 7) is 12.8. The van der Waals surface area contributed by atoms with Crippen molar-refractivity contribution in [3.8, 4) is 17.1 Å². The standard InChI is InChI=1S/C21H32N4O/c1-8-15-11-18(13(4)5)22-12-17(15)19-14(6)23-20(21(25-19)26-7)24-16(9-2)10-3/h11-13,16H,8-10H2,1-7H3,(H,23,24). The Bertz CT molecular complexity index is 739. The first kappa shape index (κ1) is 20.1. The van der Waals surface area contributed by atoms with E-state index in [1.54, 1.807) is 7.11 Å². The van der Waals surface area contributed by atoms with Gasteiger partial charge in [0.15, 0.2) is 5.82 Å². The third-order valence-electron chi connectivity index (χ3n) is 4.80. The Hall–Kier alpha value is -2.17. The second-order valence-electron chi connectivity index (χ2n) is 6.95. The van der Waals surface area contributed by atoms with E-state index in [9.17, 15) is 0 Å². The molecule has 0 unspecified atom stereocenters. The van der Waals surface area contributed by atoms with Crippen molar-refractivity contribution in [2.45, 2.75) is 72.8 Å². The summed E-state index contributed by atoms with van der Waals surface area (Å²) in [6.07, 6.45) is 4.92. The van der Waals surface area contributed by atoms with E-state index in [1.807, 2.05) is 13.1 Å². The highest BCUT2D eigenvalue weighted by molar-refractivity contribution is 5.67. The Morgan fingerprint density at radius 2 is 1.81 bits per heavy atom. The van der Waals surface area contributed by atoms with Gasteiger partial charge in [0, 0.05) is 23.5 Å². The largest absolute Gasteiger partial charge is 0.478 e. The molecule has 0 fully saturated rings. The maximum Gasteiger partial charge on any atom is 0.257 e. The molecular weight excluding hydrogens is 324 g/mol. The van der Waals surface area contributed by atoms with Crippen molar-refractivity contribution in [2.24, 2.45) is 0 Å². The highest BCUT2D eigenvalue weighted by Gasteiger charge is 2.18. The molecule has 2 heterocycles. The van der Waals surface area contributed by atoms with Crippen molar-refractivity contribution in [1.82, 2.24) is 15.0 Å². The molecule has 0 saturated heterocycles. The minimum atomic E-state index is 0.363. The second kappa shape index (κ2) is 8.97. The molecular formula is C21H32N4O. The van der Waals surface area contributed by atoms with Crippen molar-refractivity contribution in [3.05, 3.63) is 29.2 Å². The number of nitrogens with one attached hydrogen (secondary N) is 1. The summed E-state index contributed by atoms with van der Waals surface area (Å²) in [5.41, 5.74) is 5.11. The highest BCUT2D eigenvalue weighted by Crippen LogP contribution is 2.31. The lowest BCUT2D eigenvalue weighted by molar-refractivity contribution is 0.397. The van der Waals surface area contributed by atoms with E-state index in [-0.39, 0.29) is 0 Å². The summed E-state index contributed by atoms with van der Waals surface area (Å²) >= 11 is 0. The van der Waals surface area contributed by atoms with Crippen LogP contribution in [-0.2, 0) is 6.42 Å². The van der Waals surface area contributed by atoms with Crippen LogP contribution in [0, 0.1) is 6.92 Å². The zero-order chi connectivity index (χ0) is 19.3. The molecule has 5 heteroatoms. The van der Waals surface area contributed by atoms with E-state index < -0.39 is 0 Å². The van der Waals surface area contributed by atoms with Gasteiger partial charge in [0.25, 0.3) is 5.88 Å². The average Bonchev–Trinajstić information content (AvgIpc) is 2.65. The number of anilines is 1. The van der Waals surface area contributed by atoms with Gasteiger partial charge in [-0.25, -0.2) is 9.97 Å². The fraction of sp³-hybridized carbons (Fsp3) is 0.571. The fourth-order valence-corrected chi connectivity index (χ4v) is 3.02. The van der Waals surface area contributed by atoms with Crippen molar-refractivity contribution >= 4 is 5.82 Å². The van der Waals surface area contributed by atoms with Gasteiger partial charge in [-0.05, 0) is 43.7 Å². The number of aromatic nitrogens is 3. The summed E-state index contributed by atoms with van der Waals surface area (Å²) in [6, 6.07) is 2.55. The summed E-state index contributed by atoms with van der Waals surface area (Å²) in [4.78, 5) is 14.2. The van der Waals surface area contributed by atoms with E-state index in [0.717, 1.165) is 41.9 Å². The van der Waals surface area contributed by atoms with Crippen LogP contribution in [0.25, 0.3) is 11.3 Å². The lowest BCUT2D eigenvalue weighted by Crippen LogP contribution is -2.19. The maximum atomic E-state index is 5.53. The van der Waals surface area contributed by atoms with E-state index >= 15 is 0 Å². The number of ether oxygens (including phenoxy) is 1. The zero-order valence-corrected chi connectivity index (χ0v) is 17.2. The molecule has 5 nitrogen and oxygen atoms in total. The Kier molecular flexibility index (Phi) is 6.95. The lowest BCUT2D eigenvalue weighted by Gasteiger charge is -2.19. The Morgan fingerprint density at radius 3 is 2.35 bits per heavy atom. The number of nitrogens with zero attached hydrogens (tertiary/aromatic N) is 3. The van der Waals surface area contributed by atoms with Crippen LogP contribution in [0.4, 0.5) is 5.82 Å². The van der Waals surface area contributed by atoms with Crippen LogP contribution in [0.5, 0.6) is 5.88 Å². The van der Waals surface area contributed by atoms with Gasteiger partial charge >= 0.3 is 0 Å². The van der Waals surface area contributed by atoms with Gasteiger partial charge in [0.05, 0.1) is 18.5 Å². The Morgan fingerprint density at radius 1 is 1.12 bits per heavy atom. The predicted octanol–water partition coefficient (Wildman–Crippen LogP) is 5.14. The highest BCUT2D eigenvalue weighted by atomic mass is 16.5. The third kappa shape index (κ3) is 4.32. The molecule has 0 spiro atoms. The van der Waals surface area contributed by atoms with Gasteiger partial charge in [0.2, 0.25) is 0 Å². The molecule has 26 heavy (non-hydrogen) atoms. The Labute approximate surface area is 157 Å². The van der Waals surface area contributed by atoms with Crippen LogP contribution < -0.4 is 10.1 Å². The number of rotatable bonds is 8. The minimum absolute atomic E-state index is 0.363. The SMILES string of the molecule is CCc1cc(C(C)C)ncc1-c1nc(OC)c(NC(CC)CC)nc1C. The van der Waals surface area contributed by atoms with E-state index in [1.165, 1.54) is 5.56 Å². The van der Waals surface area contributed by atoms with Gasteiger partial charge in [0.1, 0.15) is 0 Å². The van der Waals surface area contributed by atoms with Gasteiger partial charge in [-0.15, -0.1) is 0 Å². The molecule has 0 aliphatic heterocycles. The molecule has 0 amide bonds. The first-order chi connectivity index (χ1) is 12.4. The second-order valence-corrected chi connectivity index (χ2v) is 6.95. The first-order valence-electron chi connectivity index (χ1n) is 9.63. The zero-order valence-electron chi connectivity index (χ0n) is 17.2. The molecule has 2 aromatic heterocycles. The number of hydrogen-bond acceptors (Lipinski definition) is 5. The van der Waals surface area contributed by atoms with Gasteiger partial charge in [-0.3, -0.25) is 4.98 Å². The topological polar surface area (TPSA) is 59.9 Å². The van der Waals surface area contributed by atoms with Crippen LogP contribution in [0.2, 0.25) is 0 Å². The quantitative estimate of drug-likeness (QED) is 0.709. The summed E-state index contributed by atoms with van der Waals surface area (Å²) in [5.74, 6) is 1.66. The summed E-state index contributed by atoms with van der Waals surface area (Å²) < 4.78 is 5.53. The maximum absolute atomic E-state index is 5.53. The molecule has 0 bridgehead atoms. The van der Waals surface area contributed by atoms with Crippen molar-refractivity contribution in [3.63, 3.8) is 0 Å². The smallest absolute Gasteiger partial charge is 0.257 e. The molecule has 2 aromatic rings. The van der Waals surface area contributed by atoms with Crippen LogP contribution in [0.3, 0.4) is 0 Å². The van der Waals surface area contributed by atoms with Gasteiger partial charge in [-0.2, -0.15) is 0 Å². The van der Waals surface area contributed by atoms with Crippen LogP contribution in [0.1, 0.15) is 70.3 Å². The molecule has 142 valence electrons. The Balaban J connectivity index is 2.51. The molecule has 0 aliphatic carbocycles. The monoisotopic (exact) mass is 356 g/mol. The molecule has 0 aromatic carbocycles. The van der Waals surface area contributed by atoms with Gasteiger partial charge in [-0.1, -0.05) is 34.6 Å². The molecule has 1 N–H and O–H groups in total. The van der Waals surface area contributed by atoms with Gasteiger partial charge < -0.3 is 10.1 Å². The van der Waals surface area contributed by atoms with Crippen molar-refractivity contribution < 1.29 is 4.74 Å². The summed E-state index contributed by atoms with van der Waals surface area (Å²) in [5, 5.41) is 3.46. The van der Waals surface area contributed by atoms with E-state index in [0.29, 0.717) is 23.7 Å². The minimum Gasteiger partial charge on any atom is -0.478 e. The molecule has 0 saturated carbocycles. The van der Waals surface area contributed by atoms with E-state index in [4.69, 9.17) is 14.7 Å². The van der Waals surface area contributed by atoms with Crippen LogP contribution in [0.15, 0.2) is 12.3 Å². The fourth-order valence-electron chi connectivity index (χ4n) is 3.02. The number of aryl methyl sites for hydroxylation is 2. The first-order valence-corrected chi connectivity index (χ1v) is 9.63. The van der Waals surface area contributed by atoms with Crippen LogP contribution >= 0.6 is 0 Å². The van der Waals surface area contributed by atoms with E-state index in [2.05, 4.69) is 51.0 Å². The summed E-state index contributed by atoms with van der Waals surface area (Å²) in [7, 11) is 1.64. The normalized spacial score (nSPS) is 11.3.